The largest absolute Gasteiger partial charge is 0.372 e. The first kappa shape index (κ1) is 21.4. The number of nitrogens with zero attached hydrogens (tertiary/aromatic N) is 2. The topological polar surface area (TPSA) is 52.7 Å². The molecular weight excluding hydrogens is 386 g/mol. The summed E-state index contributed by atoms with van der Waals surface area (Å²) in [5.41, 5.74) is 4.12. The van der Waals surface area contributed by atoms with E-state index in [1.54, 1.807) is 4.90 Å². The van der Waals surface area contributed by atoms with E-state index >= 15 is 0 Å². The molecule has 0 aromatic heterocycles. The normalized spacial score (nSPS) is 20.1. The maximum atomic E-state index is 12.9. The number of rotatable bonds is 6. The second kappa shape index (κ2) is 9.54. The highest BCUT2D eigenvalue weighted by molar-refractivity contribution is 6.04. The number of hydrogen-bond donors (Lipinski definition) is 1. The van der Waals surface area contributed by atoms with E-state index < -0.39 is 0 Å². The molecule has 2 amide bonds. The molecule has 2 fully saturated rings. The molecule has 4 rings (SSSR count). The summed E-state index contributed by atoms with van der Waals surface area (Å²) in [6.45, 7) is 6.97. The van der Waals surface area contributed by atoms with Gasteiger partial charge in [-0.2, -0.15) is 0 Å². The van der Waals surface area contributed by atoms with Crippen molar-refractivity contribution >= 4 is 28.9 Å². The van der Waals surface area contributed by atoms with Gasteiger partial charge in [-0.15, -0.1) is 0 Å². The van der Waals surface area contributed by atoms with Gasteiger partial charge in [0.1, 0.15) is 0 Å². The van der Waals surface area contributed by atoms with Crippen LogP contribution in [-0.4, -0.2) is 31.4 Å². The van der Waals surface area contributed by atoms with E-state index in [4.69, 9.17) is 0 Å². The van der Waals surface area contributed by atoms with Crippen LogP contribution in [0.25, 0.3) is 0 Å². The van der Waals surface area contributed by atoms with Crippen molar-refractivity contribution in [1.82, 2.24) is 0 Å². The van der Waals surface area contributed by atoms with E-state index in [1.165, 1.54) is 30.5 Å². The van der Waals surface area contributed by atoms with Gasteiger partial charge >= 0.3 is 0 Å². The molecule has 0 aliphatic carbocycles. The first-order valence-electron chi connectivity index (χ1n) is 11.6. The van der Waals surface area contributed by atoms with Crippen molar-refractivity contribution in [2.45, 2.75) is 51.9 Å². The minimum Gasteiger partial charge on any atom is -0.372 e. The molecule has 0 saturated carbocycles. The minimum absolute atomic E-state index is 0.0244. The number of nitrogens with one attached hydrogen (secondary N) is 1. The fourth-order valence-electron chi connectivity index (χ4n) is 4.64. The van der Waals surface area contributed by atoms with E-state index in [2.05, 4.69) is 42.3 Å². The minimum atomic E-state index is -0.334. The lowest BCUT2D eigenvalue weighted by atomic mass is 9.96. The summed E-state index contributed by atoms with van der Waals surface area (Å²) < 4.78 is 0. The van der Waals surface area contributed by atoms with Crippen LogP contribution >= 0.6 is 0 Å². The number of carbonyl (C=O) groups is 2. The molecule has 2 aliphatic rings. The number of benzene rings is 2. The van der Waals surface area contributed by atoms with Gasteiger partial charge in [0.25, 0.3) is 0 Å². The van der Waals surface area contributed by atoms with Gasteiger partial charge in [0.05, 0.1) is 5.92 Å². The van der Waals surface area contributed by atoms with Crippen molar-refractivity contribution in [3.05, 3.63) is 54.1 Å². The van der Waals surface area contributed by atoms with Crippen LogP contribution in [0, 0.1) is 5.92 Å². The summed E-state index contributed by atoms with van der Waals surface area (Å²) >= 11 is 0. The van der Waals surface area contributed by atoms with Gasteiger partial charge in [-0.3, -0.25) is 9.59 Å². The van der Waals surface area contributed by atoms with E-state index in [-0.39, 0.29) is 24.2 Å². The highest BCUT2D eigenvalue weighted by Gasteiger charge is 2.36. The summed E-state index contributed by atoms with van der Waals surface area (Å²) in [5.74, 6) is -0.0199. The summed E-state index contributed by atoms with van der Waals surface area (Å²) in [7, 11) is 0. The van der Waals surface area contributed by atoms with Gasteiger partial charge in [0.15, 0.2) is 0 Å². The van der Waals surface area contributed by atoms with Crippen LogP contribution in [0.2, 0.25) is 0 Å². The van der Waals surface area contributed by atoms with Crippen molar-refractivity contribution in [1.29, 1.82) is 0 Å². The van der Waals surface area contributed by atoms with E-state index in [1.807, 2.05) is 30.3 Å². The predicted molar refractivity (Wildman–Crippen MR) is 127 cm³/mol. The van der Waals surface area contributed by atoms with Gasteiger partial charge in [-0.05, 0) is 67.5 Å². The molecule has 0 radical (unpaired) electrons. The molecule has 1 N–H and O–H groups in total. The number of carbonyl (C=O) groups excluding carboxylic acids is 2. The van der Waals surface area contributed by atoms with E-state index in [9.17, 15) is 9.59 Å². The Labute approximate surface area is 185 Å². The number of hydrogen-bond acceptors (Lipinski definition) is 3. The molecule has 2 heterocycles. The van der Waals surface area contributed by atoms with Crippen molar-refractivity contribution < 1.29 is 9.59 Å². The molecule has 2 atom stereocenters. The number of amides is 2. The van der Waals surface area contributed by atoms with Crippen LogP contribution < -0.4 is 15.1 Å². The van der Waals surface area contributed by atoms with Crippen LogP contribution in [0.4, 0.5) is 17.1 Å². The Hall–Kier alpha value is -2.82. The molecule has 2 saturated heterocycles. The Morgan fingerprint density at radius 2 is 1.77 bits per heavy atom. The molecule has 164 valence electrons. The molecule has 0 unspecified atom stereocenters. The highest BCUT2D eigenvalue weighted by Crippen LogP contribution is 2.34. The lowest BCUT2D eigenvalue weighted by Gasteiger charge is -2.28. The van der Waals surface area contributed by atoms with Crippen LogP contribution in [-0.2, 0) is 9.59 Å². The summed E-state index contributed by atoms with van der Waals surface area (Å²) in [6.07, 6.45) is 5.06. The van der Waals surface area contributed by atoms with Gasteiger partial charge in [0, 0.05) is 43.1 Å². The first-order valence-corrected chi connectivity index (χ1v) is 11.6. The van der Waals surface area contributed by atoms with Crippen LogP contribution in [0.3, 0.4) is 0 Å². The number of piperidine rings is 1. The van der Waals surface area contributed by atoms with Crippen molar-refractivity contribution in [2.75, 3.05) is 34.8 Å². The maximum Gasteiger partial charge on any atom is 0.229 e. The Kier molecular flexibility index (Phi) is 6.59. The van der Waals surface area contributed by atoms with Crippen molar-refractivity contribution in [3.63, 3.8) is 0 Å². The lowest BCUT2D eigenvalue weighted by molar-refractivity contribution is -0.122. The molecule has 0 bridgehead atoms. The maximum absolute atomic E-state index is 12.9. The molecule has 2 aromatic rings. The van der Waals surface area contributed by atoms with Crippen molar-refractivity contribution in [3.8, 4) is 0 Å². The second-order valence-electron chi connectivity index (χ2n) is 8.86. The monoisotopic (exact) mass is 419 g/mol. The fourth-order valence-corrected chi connectivity index (χ4v) is 4.64. The van der Waals surface area contributed by atoms with Gasteiger partial charge in [-0.25, -0.2) is 0 Å². The van der Waals surface area contributed by atoms with Crippen LogP contribution in [0.15, 0.2) is 48.5 Å². The van der Waals surface area contributed by atoms with Gasteiger partial charge < -0.3 is 15.1 Å². The van der Waals surface area contributed by atoms with Gasteiger partial charge in [-0.1, -0.05) is 32.0 Å². The fraction of sp³-hybridized carbons (Fsp3) is 0.462. The molecule has 5 heteroatoms. The quantitative estimate of drug-likeness (QED) is 0.702. The van der Waals surface area contributed by atoms with Crippen LogP contribution in [0.5, 0.6) is 0 Å². The number of para-hydroxylation sites is 1. The molecule has 2 aliphatic heterocycles. The molecule has 0 spiro atoms. The average molecular weight is 420 g/mol. The third-order valence-electron chi connectivity index (χ3n) is 6.72. The summed E-state index contributed by atoms with van der Waals surface area (Å²) in [4.78, 5) is 29.9. The number of anilines is 3. The van der Waals surface area contributed by atoms with Crippen molar-refractivity contribution in [2.24, 2.45) is 5.92 Å². The molecule has 5 nitrogen and oxygen atoms in total. The molecule has 2 aromatic carbocycles. The second-order valence-corrected chi connectivity index (χ2v) is 8.86. The summed E-state index contributed by atoms with van der Waals surface area (Å²) in [5, 5.41) is 3.02. The van der Waals surface area contributed by atoms with E-state index in [0.29, 0.717) is 12.5 Å². The first-order chi connectivity index (χ1) is 15.1. The lowest BCUT2D eigenvalue weighted by Crippen LogP contribution is -2.29. The zero-order chi connectivity index (χ0) is 21.8. The Bertz CT molecular complexity index is 919. The zero-order valence-corrected chi connectivity index (χ0v) is 18.6. The third-order valence-corrected chi connectivity index (χ3v) is 6.72. The standard InChI is InChI=1S/C26H33N3O2/c1-3-19(2)23-9-5-6-10-24(23)29-18-20(17-25(29)30)26(31)27-21-11-13-22(14-12-21)28-15-7-4-8-16-28/h5-6,9-14,19-20H,3-4,7-8,15-18H2,1-2H3,(H,27,31)/t19-,20+/m0/s1. The van der Waals surface area contributed by atoms with Gasteiger partial charge in [0.2, 0.25) is 11.8 Å². The summed E-state index contributed by atoms with van der Waals surface area (Å²) in [6, 6.07) is 16.2. The van der Waals surface area contributed by atoms with E-state index in [0.717, 1.165) is 30.9 Å². The smallest absolute Gasteiger partial charge is 0.229 e. The Morgan fingerprint density at radius 3 is 2.48 bits per heavy atom. The Balaban J connectivity index is 1.41. The average Bonchev–Trinajstić information content (AvgIpc) is 3.21. The Morgan fingerprint density at radius 1 is 1.06 bits per heavy atom. The third kappa shape index (κ3) is 4.76. The molecule has 31 heavy (non-hydrogen) atoms. The predicted octanol–water partition coefficient (Wildman–Crippen LogP) is 5.18. The highest BCUT2D eigenvalue weighted by atomic mass is 16.2. The SMILES string of the molecule is CC[C@H](C)c1ccccc1N1C[C@H](C(=O)Nc2ccc(N3CCCCC3)cc2)CC1=O. The van der Waals surface area contributed by atoms with Crippen LogP contribution in [0.1, 0.15) is 57.4 Å². The molecular formula is C26H33N3O2. The zero-order valence-electron chi connectivity index (χ0n) is 18.6.